The first kappa shape index (κ1) is 17.8. The maximum Gasteiger partial charge on any atom is 0.264 e. The van der Waals surface area contributed by atoms with E-state index in [2.05, 4.69) is 0 Å². The number of aryl methyl sites for hydroxylation is 1. The number of nitrogens with zero attached hydrogens (tertiary/aromatic N) is 2. The molecule has 0 atom stereocenters. The highest BCUT2D eigenvalue weighted by Crippen LogP contribution is 2.18. The third kappa shape index (κ3) is 4.35. The van der Waals surface area contributed by atoms with Gasteiger partial charge in [0.1, 0.15) is 0 Å². The van der Waals surface area contributed by atoms with Crippen molar-refractivity contribution in [2.45, 2.75) is 19.8 Å². The predicted molar refractivity (Wildman–Crippen MR) is 99.4 cm³/mol. The van der Waals surface area contributed by atoms with Crippen LogP contribution in [0.25, 0.3) is 0 Å². The van der Waals surface area contributed by atoms with E-state index in [1.807, 2.05) is 36.6 Å². The Balaban J connectivity index is 1.45. The van der Waals surface area contributed by atoms with E-state index in [1.54, 1.807) is 9.80 Å². The van der Waals surface area contributed by atoms with Crippen molar-refractivity contribution in [3.8, 4) is 0 Å². The topological polar surface area (TPSA) is 57.7 Å². The lowest BCUT2D eigenvalue weighted by Crippen LogP contribution is -2.50. The Morgan fingerprint density at radius 3 is 2.28 bits per heavy atom. The minimum absolute atomic E-state index is 0.00940. The molecule has 2 aromatic heterocycles. The molecule has 1 fully saturated rings. The number of piperazine rings is 1. The van der Waals surface area contributed by atoms with Crippen LogP contribution in [0.1, 0.15) is 37.1 Å². The fourth-order valence-electron chi connectivity index (χ4n) is 2.80. The number of hydrogen-bond acceptors (Lipinski definition) is 5. The number of carbonyl (C=O) groups excluding carboxylic acids is 3. The smallest absolute Gasteiger partial charge is 0.264 e. The minimum Gasteiger partial charge on any atom is -0.339 e. The molecule has 0 bridgehead atoms. The summed E-state index contributed by atoms with van der Waals surface area (Å²) in [5.41, 5.74) is 0. The number of amides is 2. The van der Waals surface area contributed by atoms with Crippen molar-refractivity contribution in [2.75, 3.05) is 26.2 Å². The van der Waals surface area contributed by atoms with Gasteiger partial charge >= 0.3 is 0 Å². The van der Waals surface area contributed by atoms with Crippen molar-refractivity contribution < 1.29 is 14.4 Å². The van der Waals surface area contributed by atoms with Crippen molar-refractivity contribution in [1.29, 1.82) is 0 Å². The van der Waals surface area contributed by atoms with Crippen LogP contribution in [-0.2, 0) is 4.79 Å². The van der Waals surface area contributed by atoms with Crippen molar-refractivity contribution in [1.82, 2.24) is 9.80 Å². The van der Waals surface area contributed by atoms with E-state index in [4.69, 9.17) is 0 Å². The van der Waals surface area contributed by atoms with Gasteiger partial charge in [0.15, 0.2) is 5.78 Å². The van der Waals surface area contributed by atoms with Crippen LogP contribution in [0.2, 0.25) is 0 Å². The van der Waals surface area contributed by atoms with E-state index in [0.717, 1.165) is 14.6 Å². The molecule has 0 saturated carbocycles. The Bertz CT molecular complexity index is 759. The van der Waals surface area contributed by atoms with Gasteiger partial charge in [0, 0.05) is 43.9 Å². The number of carbonyl (C=O) groups is 3. The molecule has 0 aliphatic carbocycles. The molecule has 1 saturated heterocycles. The minimum atomic E-state index is -0.00940. The van der Waals surface area contributed by atoms with Gasteiger partial charge in [0.05, 0.1) is 9.75 Å². The SMILES string of the molecule is Cc1ccc(C(=O)CCC(=O)N2CCN(C(=O)c3cccs3)CC2)s1. The lowest BCUT2D eigenvalue weighted by Gasteiger charge is -2.34. The Morgan fingerprint density at radius 2 is 1.68 bits per heavy atom. The first-order valence-corrected chi connectivity index (χ1v) is 9.94. The molecule has 132 valence electrons. The van der Waals surface area contributed by atoms with Gasteiger partial charge in [0.25, 0.3) is 5.91 Å². The molecule has 0 spiro atoms. The summed E-state index contributed by atoms with van der Waals surface area (Å²) in [7, 11) is 0. The van der Waals surface area contributed by atoms with Crippen molar-refractivity contribution >= 4 is 40.3 Å². The molecule has 0 unspecified atom stereocenters. The van der Waals surface area contributed by atoms with Crippen LogP contribution >= 0.6 is 22.7 Å². The summed E-state index contributed by atoms with van der Waals surface area (Å²) >= 11 is 2.90. The standard InChI is InChI=1S/C18H20N2O3S2/c1-13-4-6-15(25-13)14(21)5-7-17(22)19-8-10-20(11-9-19)18(23)16-3-2-12-24-16/h2-4,6,12H,5,7-11H2,1H3. The number of hydrogen-bond donors (Lipinski definition) is 0. The van der Waals surface area contributed by atoms with Crippen LogP contribution in [0.5, 0.6) is 0 Å². The summed E-state index contributed by atoms with van der Waals surface area (Å²) in [5, 5.41) is 1.89. The number of ketones is 1. The Morgan fingerprint density at radius 1 is 0.960 bits per heavy atom. The van der Waals surface area contributed by atoms with E-state index >= 15 is 0 Å². The molecule has 25 heavy (non-hydrogen) atoms. The van der Waals surface area contributed by atoms with Gasteiger partial charge in [-0.05, 0) is 30.5 Å². The molecule has 0 radical (unpaired) electrons. The Kier molecular flexibility index (Phi) is 5.65. The summed E-state index contributed by atoms with van der Waals surface area (Å²) < 4.78 is 0. The summed E-state index contributed by atoms with van der Waals surface area (Å²) in [5.74, 6) is 0.0492. The van der Waals surface area contributed by atoms with Crippen molar-refractivity contribution in [3.05, 3.63) is 44.3 Å². The second-order valence-electron chi connectivity index (χ2n) is 5.98. The monoisotopic (exact) mass is 376 g/mol. The average Bonchev–Trinajstić information content (AvgIpc) is 3.30. The molecule has 0 N–H and O–H groups in total. The summed E-state index contributed by atoms with van der Waals surface area (Å²) in [6, 6.07) is 7.43. The van der Waals surface area contributed by atoms with Crippen LogP contribution in [0.3, 0.4) is 0 Å². The van der Waals surface area contributed by atoms with Crippen molar-refractivity contribution in [3.63, 3.8) is 0 Å². The van der Waals surface area contributed by atoms with Crippen LogP contribution in [-0.4, -0.2) is 53.6 Å². The fourth-order valence-corrected chi connectivity index (χ4v) is 4.33. The molecule has 5 nitrogen and oxygen atoms in total. The molecule has 1 aliphatic rings. The zero-order valence-corrected chi connectivity index (χ0v) is 15.7. The molecule has 2 amide bonds. The first-order chi connectivity index (χ1) is 12.0. The third-order valence-corrected chi connectivity index (χ3v) is 6.13. The third-order valence-electron chi connectivity index (χ3n) is 4.23. The highest BCUT2D eigenvalue weighted by Gasteiger charge is 2.25. The number of thiophene rings is 2. The molecule has 2 aromatic rings. The molecule has 3 heterocycles. The molecule has 1 aliphatic heterocycles. The van der Waals surface area contributed by atoms with E-state index in [-0.39, 0.29) is 30.4 Å². The quantitative estimate of drug-likeness (QED) is 0.754. The zero-order chi connectivity index (χ0) is 17.8. The highest BCUT2D eigenvalue weighted by molar-refractivity contribution is 7.14. The number of Topliss-reactive ketones (excluding diaryl/α,β-unsaturated/α-hetero) is 1. The normalized spacial score (nSPS) is 14.6. The van der Waals surface area contributed by atoms with E-state index < -0.39 is 0 Å². The van der Waals surface area contributed by atoms with Gasteiger partial charge in [-0.2, -0.15) is 0 Å². The van der Waals surface area contributed by atoms with E-state index in [1.165, 1.54) is 22.7 Å². The van der Waals surface area contributed by atoms with Gasteiger partial charge in [-0.3, -0.25) is 14.4 Å². The summed E-state index contributed by atoms with van der Waals surface area (Å²) in [4.78, 5) is 42.8. The van der Waals surface area contributed by atoms with Crippen LogP contribution in [0.15, 0.2) is 29.6 Å². The summed E-state index contributed by atoms with van der Waals surface area (Å²) in [6.07, 6.45) is 0.474. The van der Waals surface area contributed by atoms with E-state index in [0.29, 0.717) is 26.2 Å². The van der Waals surface area contributed by atoms with Gasteiger partial charge in [0.2, 0.25) is 5.91 Å². The van der Waals surface area contributed by atoms with Crippen LogP contribution in [0, 0.1) is 6.92 Å². The van der Waals surface area contributed by atoms with Crippen LogP contribution in [0.4, 0.5) is 0 Å². The zero-order valence-electron chi connectivity index (χ0n) is 14.1. The molecular formula is C18H20N2O3S2. The Labute approximate surface area is 154 Å². The molecular weight excluding hydrogens is 356 g/mol. The first-order valence-electron chi connectivity index (χ1n) is 8.25. The second-order valence-corrected chi connectivity index (χ2v) is 8.22. The molecule has 3 rings (SSSR count). The van der Waals surface area contributed by atoms with Gasteiger partial charge in [-0.1, -0.05) is 6.07 Å². The summed E-state index contributed by atoms with van der Waals surface area (Å²) in [6.45, 7) is 4.11. The van der Waals surface area contributed by atoms with Crippen molar-refractivity contribution in [2.24, 2.45) is 0 Å². The van der Waals surface area contributed by atoms with Gasteiger partial charge in [-0.15, -0.1) is 22.7 Å². The lowest BCUT2D eigenvalue weighted by molar-refractivity contribution is -0.132. The fraction of sp³-hybridized carbons (Fsp3) is 0.389. The van der Waals surface area contributed by atoms with Gasteiger partial charge < -0.3 is 9.80 Å². The maximum atomic E-state index is 12.3. The Hall–Kier alpha value is -1.99. The number of rotatable bonds is 5. The molecule has 0 aromatic carbocycles. The lowest BCUT2D eigenvalue weighted by atomic mass is 10.1. The van der Waals surface area contributed by atoms with Gasteiger partial charge in [-0.25, -0.2) is 0 Å². The molecule has 7 heteroatoms. The average molecular weight is 377 g/mol. The predicted octanol–water partition coefficient (Wildman–Crippen LogP) is 3.07. The largest absolute Gasteiger partial charge is 0.339 e. The van der Waals surface area contributed by atoms with Crippen LogP contribution < -0.4 is 0 Å². The highest BCUT2D eigenvalue weighted by atomic mass is 32.1. The van der Waals surface area contributed by atoms with E-state index in [9.17, 15) is 14.4 Å². The second kappa shape index (κ2) is 7.93. The maximum absolute atomic E-state index is 12.3.